The summed E-state index contributed by atoms with van der Waals surface area (Å²) < 4.78 is 22.7. The largest absolute Gasteiger partial charge is 0.496 e. The Bertz CT molecular complexity index is 955. The van der Waals surface area contributed by atoms with Gasteiger partial charge in [0.25, 0.3) is 0 Å². The van der Waals surface area contributed by atoms with Gasteiger partial charge < -0.3 is 18.3 Å². The first-order valence-electron chi connectivity index (χ1n) is 8.75. The minimum absolute atomic E-state index is 0.371. The van der Waals surface area contributed by atoms with Gasteiger partial charge in [0.2, 0.25) is 0 Å². The Morgan fingerprint density at radius 2 is 1.07 bits per heavy atom. The molecule has 4 aromatic rings. The van der Waals surface area contributed by atoms with Crippen molar-refractivity contribution < 1.29 is 18.3 Å². The first kappa shape index (κ1) is 18.8. The second-order valence-corrected chi connectivity index (χ2v) is 8.53. The fourth-order valence-electron chi connectivity index (χ4n) is 3.09. The van der Waals surface area contributed by atoms with Crippen molar-refractivity contribution in [2.75, 3.05) is 14.2 Å². The lowest BCUT2D eigenvalue weighted by Crippen LogP contribution is -2.14. The fourth-order valence-corrected chi connectivity index (χ4v) is 5.34. The summed E-state index contributed by atoms with van der Waals surface area (Å²) in [6.45, 7) is 0. The van der Waals surface area contributed by atoms with E-state index < -0.39 is 0 Å². The van der Waals surface area contributed by atoms with Crippen LogP contribution in [0.1, 0.15) is 0 Å². The van der Waals surface area contributed by atoms with Gasteiger partial charge in [-0.2, -0.15) is 0 Å². The Morgan fingerprint density at radius 1 is 0.607 bits per heavy atom. The van der Waals surface area contributed by atoms with Gasteiger partial charge >= 0.3 is 0 Å². The SMILES string of the molecule is COc1cccc(Pc2ccco2)c1-c1c(OC)cccc1Pc1ccco1. The van der Waals surface area contributed by atoms with Crippen LogP contribution in [0.5, 0.6) is 11.5 Å². The predicted octanol–water partition coefficient (Wildman–Crippen LogP) is 3.82. The number of hydrogen-bond donors (Lipinski definition) is 0. The van der Waals surface area contributed by atoms with Crippen LogP contribution in [0.15, 0.2) is 82.0 Å². The Balaban J connectivity index is 1.90. The van der Waals surface area contributed by atoms with E-state index in [4.69, 9.17) is 18.3 Å². The Kier molecular flexibility index (Phi) is 5.81. The molecule has 0 saturated carbocycles. The maximum atomic E-state index is 5.75. The second kappa shape index (κ2) is 8.65. The molecule has 142 valence electrons. The third-order valence-corrected chi connectivity index (χ3v) is 6.73. The van der Waals surface area contributed by atoms with Crippen molar-refractivity contribution in [3.05, 3.63) is 73.2 Å². The summed E-state index contributed by atoms with van der Waals surface area (Å²) in [7, 11) is 4.13. The number of benzene rings is 2. The number of rotatable bonds is 7. The topological polar surface area (TPSA) is 44.7 Å². The zero-order valence-electron chi connectivity index (χ0n) is 15.6. The minimum atomic E-state index is 0.371. The molecule has 6 heteroatoms. The summed E-state index contributed by atoms with van der Waals surface area (Å²) >= 11 is 0. The number of methoxy groups -OCH3 is 2. The monoisotopic (exact) mass is 410 g/mol. The molecule has 0 N–H and O–H groups in total. The third-order valence-electron chi connectivity index (χ3n) is 4.30. The van der Waals surface area contributed by atoms with Crippen LogP contribution < -0.4 is 31.1 Å². The van der Waals surface area contributed by atoms with Gasteiger partial charge in [-0.05, 0) is 64.2 Å². The lowest BCUT2D eigenvalue weighted by atomic mass is 10.0. The molecular weight excluding hydrogens is 390 g/mol. The third kappa shape index (κ3) is 3.85. The van der Waals surface area contributed by atoms with Crippen molar-refractivity contribution in [3.8, 4) is 22.6 Å². The zero-order valence-corrected chi connectivity index (χ0v) is 17.6. The van der Waals surface area contributed by atoms with Crippen LogP contribution >= 0.6 is 17.2 Å². The van der Waals surface area contributed by atoms with Crippen LogP contribution in [-0.4, -0.2) is 14.2 Å². The average molecular weight is 410 g/mol. The number of furan rings is 2. The Labute approximate surface area is 167 Å². The van der Waals surface area contributed by atoms with Gasteiger partial charge in [0.05, 0.1) is 26.7 Å². The van der Waals surface area contributed by atoms with E-state index in [1.807, 2.05) is 48.5 Å². The molecule has 28 heavy (non-hydrogen) atoms. The number of ether oxygens (including phenoxy) is 2. The van der Waals surface area contributed by atoms with Crippen LogP contribution in [0.3, 0.4) is 0 Å². The average Bonchev–Trinajstić information content (AvgIpc) is 3.42. The van der Waals surface area contributed by atoms with Gasteiger partial charge in [-0.15, -0.1) is 0 Å². The molecule has 0 spiro atoms. The van der Waals surface area contributed by atoms with Gasteiger partial charge in [-0.3, -0.25) is 0 Å². The second-order valence-electron chi connectivity index (χ2n) is 5.97. The molecule has 0 radical (unpaired) electrons. The molecule has 0 amide bonds. The summed E-state index contributed by atoms with van der Waals surface area (Å²) in [5.41, 5.74) is 3.93. The smallest absolute Gasteiger partial charge is 0.127 e. The Morgan fingerprint density at radius 3 is 1.43 bits per heavy atom. The highest BCUT2D eigenvalue weighted by molar-refractivity contribution is 7.56. The molecule has 2 aromatic carbocycles. The summed E-state index contributed by atoms with van der Waals surface area (Å²) in [5, 5.41) is 2.29. The minimum Gasteiger partial charge on any atom is -0.496 e. The lowest BCUT2D eigenvalue weighted by molar-refractivity contribution is 0.411. The highest BCUT2D eigenvalue weighted by Gasteiger charge is 2.21. The first-order valence-corrected chi connectivity index (χ1v) is 10.8. The summed E-state index contributed by atoms with van der Waals surface area (Å²) in [5.74, 6) is 1.62. The van der Waals surface area contributed by atoms with Gasteiger partial charge in [0.15, 0.2) is 0 Å². The zero-order chi connectivity index (χ0) is 19.3. The standard InChI is InChI=1S/C22H20O4P2/c1-23-15-7-3-9-17(27-19-11-5-13-25-19)21(15)22-16(24-2)8-4-10-18(22)28-20-12-6-14-26-20/h3-14,27-28H,1-2H3. The highest BCUT2D eigenvalue weighted by atomic mass is 31.1. The summed E-state index contributed by atoms with van der Waals surface area (Å²) in [6.07, 6.45) is 3.41. The van der Waals surface area contributed by atoms with E-state index >= 15 is 0 Å². The molecule has 2 unspecified atom stereocenters. The Hall–Kier alpha value is -2.54. The molecule has 4 rings (SSSR count). The molecule has 4 nitrogen and oxygen atoms in total. The number of hydrogen-bond acceptors (Lipinski definition) is 4. The molecule has 2 aromatic heterocycles. The van der Waals surface area contributed by atoms with Crippen molar-refractivity contribution in [3.63, 3.8) is 0 Å². The van der Waals surface area contributed by atoms with Gasteiger partial charge in [-0.1, -0.05) is 24.3 Å². The normalized spacial score (nSPS) is 11.6. The van der Waals surface area contributed by atoms with E-state index in [-0.39, 0.29) is 0 Å². The molecule has 0 bridgehead atoms. The molecule has 2 atom stereocenters. The van der Waals surface area contributed by atoms with Crippen LogP contribution in [-0.2, 0) is 0 Å². The molecule has 2 heterocycles. The van der Waals surface area contributed by atoms with E-state index in [1.54, 1.807) is 26.7 Å². The molecule has 0 saturated heterocycles. The molecule has 0 aliphatic rings. The molecule has 0 aliphatic carbocycles. The first-order chi connectivity index (χ1) is 13.8. The van der Waals surface area contributed by atoms with Gasteiger partial charge in [-0.25, -0.2) is 0 Å². The van der Waals surface area contributed by atoms with E-state index in [0.717, 1.165) is 44.2 Å². The van der Waals surface area contributed by atoms with Crippen molar-refractivity contribution in [1.29, 1.82) is 0 Å². The van der Waals surface area contributed by atoms with Crippen LogP contribution in [0.25, 0.3) is 11.1 Å². The van der Waals surface area contributed by atoms with Gasteiger partial charge in [0, 0.05) is 11.1 Å². The van der Waals surface area contributed by atoms with E-state index in [2.05, 4.69) is 12.1 Å². The summed E-state index contributed by atoms with van der Waals surface area (Å²) in [6, 6.07) is 20.0. The van der Waals surface area contributed by atoms with Crippen molar-refractivity contribution >= 4 is 38.8 Å². The van der Waals surface area contributed by atoms with Crippen molar-refractivity contribution in [2.24, 2.45) is 0 Å². The highest BCUT2D eigenvalue weighted by Crippen LogP contribution is 2.38. The van der Waals surface area contributed by atoms with E-state index in [9.17, 15) is 0 Å². The van der Waals surface area contributed by atoms with Crippen LogP contribution in [0, 0.1) is 0 Å². The maximum Gasteiger partial charge on any atom is 0.127 e. The maximum absolute atomic E-state index is 5.75. The van der Waals surface area contributed by atoms with E-state index in [0.29, 0.717) is 17.2 Å². The quantitative estimate of drug-likeness (QED) is 0.435. The molecule has 0 aliphatic heterocycles. The van der Waals surface area contributed by atoms with Gasteiger partial charge in [0.1, 0.15) is 22.5 Å². The van der Waals surface area contributed by atoms with Crippen molar-refractivity contribution in [2.45, 2.75) is 0 Å². The van der Waals surface area contributed by atoms with E-state index in [1.165, 1.54) is 0 Å². The summed E-state index contributed by atoms with van der Waals surface area (Å²) in [4.78, 5) is 0. The lowest BCUT2D eigenvalue weighted by Gasteiger charge is -2.19. The molecular formula is C22H20O4P2. The van der Waals surface area contributed by atoms with Crippen molar-refractivity contribution in [1.82, 2.24) is 0 Å². The van der Waals surface area contributed by atoms with Crippen LogP contribution in [0.2, 0.25) is 0 Å². The predicted molar refractivity (Wildman–Crippen MR) is 118 cm³/mol. The fraction of sp³-hybridized carbons (Fsp3) is 0.0909. The van der Waals surface area contributed by atoms with Crippen LogP contribution in [0.4, 0.5) is 0 Å². The molecule has 0 fully saturated rings.